The summed E-state index contributed by atoms with van der Waals surface area (Å²) in [4.78, 5) is 0. The molecule has 0 aliphatic heterocycles. The summed E-state index contributed by atoms with van der Waals surface area (Å²) in [7, 11) is 0. The van der Waals surface area contributed by atoms with Gasteiger partial charge in [-0.2, -0.15) is 0 Å². The van der Waals surface area contributed by atoms with Crippen LogP contribution < -0.4 is 0 Å². The third-order valence-corrected chi connectivity index (χ3v) is 11.5. The van der Waals surface area contributed by atoms with E-state index in [4.69, 9.17) is 0 Å². The van der Waals surface area contributed by atoms with E-state index in [0.29, 0.717) is 0 Å². The molecule has 0 saturated heterocycles. The summed E-state index contributed by atoms with van der Waals surface area (Å²) >= 11 is 0. The molecule has 2 nitrogen and oxygen atoms in total. The van der Waals surface area contributed by atoms with Crippen LogP contribution in [0.4, 0.5) is 0 Å². The fourth-order valence-electron chi connectivity index (χ4n) is 8.99. The fraction of sp³-hybridized carbons (Fsp3) is 0.0612. The van der Waals surface area contributed by atoms with Crippen LogP contribution in [0, 0.1) is 0 Å². The maximum absolute atomic E-state index is 2.49. The highest BCUT2D eigenvalue weighted by atomic mass is 15.0. The molecule has 0 fully saturated rings. The van der Waals surface area contributed by atoms with Gasteiger partial charge >= 0.3 is 0 Å². The molecule has 8 aromatic carbocycles. The first-order valence-electron chi connectivity index (χ1n) is 17.9. The van der Waals surface area contributed by atoms with E-state index >= 15 is 0 Å². The molecule has 0 spiro atoms. The average molecular weight is 651 g/mol. The molecule has 0 bridgehead atoms. The molecule has 0 saturated carbocycles. The number of fused-ring (bicyclic) bond motifs is 10. The molecular weight excluding hydrogens is 617 g/mol. The molecule has 0 unspecified atom stereocenters. The van der Waals surface area contributed by atoms with Gasteiger partial charge < -0.3 is 9.13 Å². The van der Waals surface area contributed by atoms with E-state index < -0.39 is 0 Å². The Morgan fingerprint density at radius 3 is 1.76 bits per heavy atom. The Morgan fingerprint density at radius 2 is 0.961 bits per heavy atom. The van der Waals surface area contributed by atoms with Gasteiger partial charge in [-0.15, -0.1) is 0 Å². The minimum absolute atomic E-state index is 0.0763. The van der Waals surface area contributed by atoms with E-state index in [2.05, 4.69) is 193 Å². The number of benzene rings is 8. The second-order valence-corrected chi connectivity index (χ2v) is 14.6. The van der Waals surface area contributed by atoms with Crippen LogP contribution in [0.25, 0.3) is 88.0 Å². The van der Waals surface area contributed by atoms with Crippen LogP contribution in [0.2, 0.25) is 0 Å². The third-order valence-electron chi connectivity index (χ3n) is 11.5. The zero-order chi connectivity index (χ0) is 33.8. The first kappa shape index (κ1) is 28.5. The van der Waals surface area contributed by atoms with E-state index in [1.807, 2.05) is 0 Å². The summed E-state index contributed by atoms with van der Waals surface area (Å²) in [5.74, 6) is 0. The quantitative estimate of drug-likeness (QED) is 0.180. The van der Waals surface area contributed by atoms with Crippen molar-refractivity contribution in [3.05, 3.63) is 181 Å². The molecule has 240 valence electrons. The summed E-state index contributed by atoms with van der Waals surface area (Å²) in [6, 6.07) is 62.9. The molecule has 1 aliphatic carbocycles. The van der Waals surface area contributed by atoms with Crippen LogP contribution in [0.1, 0.15) is 25.0 Å². The van der Waals surface area contributed by atoms with Gasteiger partial charge in [0.2, 0.25) is 0 Å². The van der Waals surface area contributed by atoms with Gasteiger partial charge in [-0.1, -0.05) is 117 Å². The Balaban J connectivity index is 1.17. The number of hydrogen-bond acceptors (Lipinski definition) is 0. The van der Waals surface area contributed by atoms with E-state index in [9.17, 15) is 0 Å². The molecule has 0 radical (unpaired) electrons. The molecule has 0 amide bonds. The summed E-state index contributed by atoms with van der Waals surface area (Å²) in [6.45, 7) is 4.75. The van der Waals surface area contributed by atoms with Gasteiger partial charge in [0.25, 0.3) is 0 Å². The Bertz CT molecular complexity index is 3040. The van der Waals surface area contributed by atoms with E-state index in [0.717, 1.165) is 0 Å². The molecular formula is C49H34N2. The summed E-state index contributed by atoms with van der Waals surface area (Å²) in [5, 5.41) is 7.60. The van der Waals surface area contributed by atoms with Crippen molar-refractivity contribution in [1.29, 1.82) is 0 Å². The van der Waals surface area contributed by atoms with Crippen molar-refractivity contribution in [2.75, 3.05) is 0 Å². The molecule has 1 aliphatic rings. The number of para-hydroxylation sites is 2. The van der Waals surface area contributed by atoms with Crippen molar-refractivity contribution in [1.82, 2.24) is 9.13 Å². The van der Waals surface area contributed by atoms with Crippen LogP contribution in [-0.4, -0.2) is 9.13 Å². The Morgan fingerprint density at radius 1 is 0.353 bits per heavy atom. The lowest BCUT2D eigenvalue weighted by Gasteiger charge is -2.21. The van der Waals surface area contributed by atoms with Gasteiger partial charge in [0.1, 0.15) is 0 Å². The van der Waals surface area contributed by atoms with E-state index in [-0.39, 0.29) is 5.41 Å². The monoisotopic (exact) mass is 650 g/mol. The highest BCUT2D eigenvalue weighted by Gasteiger charge is 2.36. The lowest BCUT2D eigenvalue weighted by atomic mass is 9.82. The minimum atomic E-state index is -0.0763. The number of nitrogens with zero attached hydrogens (tertiary/aromatic N) is 2. The Labute approximate surface area is 296 Å². The largest absolute Gasteiger partial charge is 0.309 e. The summed E-state index contributed by atoms with van der Waals surface area (Å²) in [5.41, 5.74) is 15.1. The smallest absolute Gasteiger partial charge is 0.0547 e. The summed E-state index contributed by atoms with van der Waals surface area (Å²) < 4.78 is 4.86. The molecule has 2 aromatic heterocycles. The topological polar surface area (TPSA) is 9.86 Å². The Kier molecular flexibility index (Phi) is 5.76. The van der Waals surface area contributed by atoms with Crippen LogP contribution in [-0.2, 0) is 5.41 Å². The van der Waals surface area contributed by atoms with Crippen molar-refractivity contribution in [2.45, 2.75) is 19.3 Å². The molecule has 51 heavy (non-hydrogen) atoms. The lowest BCUT2D eigenvalue weighted by Crippen LogP contribution is -2.14. The SMILES string of the molecule is CC1(C)c2ccccc2-c2cc3c(cc21)c1cc(-c2ccc4c(c2)c2ccccc2n4-c2ccccc2)ccc1n3-c1ccc2ccccc2c1. The van der Waals surface area contributed by atoms with Gasteiger partial charge in [0, 0.05) is 38.3 Å². The highest BCUT2D eigenvalue weighted by Crippen LogP contribution is 2.51. The predicted molar refractivity (Wildman–Crippen MR) is 216 cm³/mol. The Hall–Kier alpha value is -6.38. The molecule has 0 atom stereocenters. The predicted octanol–water partition coefficient (Wildman–Crippen LogP) is 13.0. The number of hydrogen-bond donors (Lipinski definition) is 0. The van der Waals surface area contributed by atoms with Gasteiger partial charge in [-0.3, -0.25) is 0 Å². The number of aromatic nitrogens is 2. The van der Waals surface area contributed by atoms with Crippen LogP contribution in [0.3, 0.4) is 0 Å². The van der Waals surface area contributed by atoms with Crippen molar-refractivity contribution in [2.24, 2.45) is 0 Å². The maximum Gasteiger partial charge on any atom is 0.0547 e. The van der Waals surface area contributed by atoms with Crippen molar-refractivity contribution in [3.8, 4) is 33.6 Å². The fourth-order valence-corrected chi connectivity index (χ4v) is 8.99. The normalized spacial score (nSPS) is 13.5. The zero-order valence-electron chi connectivity index (χ0n) is 28.6. The zero-order valence-corrected chi connectivity index (χ0v) is 28.6. The molecule has 11 rings (SSSR count). The van der Waals surface area contributed by atoms with Crippen molar-refractivity contribution < 1.29 is 0 Å². The van der Waals surface area contributed by atoms with Crippen molar-refractivity contribution >= 4 is 54.4 Å². The van der Waals surface area contributed by atoms with Gasteiger partial charge in [-0.25, -0.2) is 0 Å². The first-order valence-corrected chi connectivity index (χ1v) is 17.9. The summed E-state index contributed by atoms with van der Waals surface area (Å²) in [6.07, 6.45) is 0. The minimum Gasteiger partial charge on any atom is -0.309 e. The van der Waals surface area contributed by atoms with Gasteiger partial charge in [0.05, 0.1) is 22.1 Å². The number of rotatable bonds is 3. The van der Waals surface area contributed by atoms with Gasteiger partial charge in [-0.05, 0) is 111 Å². The van der Waals surface area contributed by atoms with E-state index in [1.54, 1.807) is 0 Å². The van der Waals surface area contributed by atoms with E-state index in [1.165, 1.54) is 99.1 Å². The molecule has 10 aromatic rings. The first-order chi connectivity index (χ1) is 25.0. The van der Waals surface area contributed by atoms with Crippen LogP contribution >= 0.6 is 0 Å². The molecule has 0 N–H and O–H groups in total. The highest BCUT2D eigenvalue weighted by molar-refractivity contribution is 6.14. The molecule has 2 heterocycles. The second-order valence-electron chi connectivity index (χ2n) is 14.6. The lowest BCUT2D eigenvalue weighted by molar-refractivity contribution is 0.661. The maximum atomic E-state index is 2.49. The van der Waals surface area contributed by atoms with Crippen molar-refractivity contribution in [3.63, 3.8) is 0 Å². The standard InChI is InChI=1S/C49H34N2/c1-49(2)43-18-10-8-16-37(43)39-30-48-42(29-44(39)49)41-28-34(22-25-47(41)51(48)36-23-20-31-12-6-7-13-32(31)26-36)33-21-24-46-40(27-33)38-17-9-11-19-45(38)50(46)35-14-4-3-5-15-35/h3-30H,1-2H3. The average Bonchev–Trinajstić information content (AvgIpc) is 3.76. The van der Waals surface area contributed by atoms with Gasteiger partial charge in [0.15, 0.2) is 0 Å². The third kappa shape index (κ3) is 3.99. The molecule has 2 heteroatoms. The van der Waals surface area contributed by atoms with Crippen LogP contribution in [0.15, 0.2) is 170 Å². The van der Waals surface area contributed by atoms with Crippen LogP contribution in [0.5, 0.6) is 0 Å². The second kappa shape index (κ2) is 10.3.